The normalized spacial score (nSPS) is 21.3. The SMILES string of the molecule is O=C(NC1CCCCC1)C(=O)N1CC2CN(C(=O)c3ccc(Nc4nc(CC5(c6ccc(Cl)cc6)CC5)nc(OCC(F)(F)F)n4)cc3)CC2C1. The quantitative estimate of drug-likeness (QED) is 0.278. The van der Waals surface area contributed by atoms with E-state index in [-0.39, 0.29) is 41.0 Å². The van der Waals surface area contributed by atoms with Crippen LogP contribution in [0.5, 0.6) is 6.01 Å². The van der Waals surface area contributed by atoms with Gasteiger partial charge < -0.3 is 25.2 Å². The first-order valence-electron chi connectivity index (χ1n) is 17.4. The molecule has 0 bridgehead atoms. The third-order valence-electron chi connectivity index (χ3n) is 10.4. The Morgan fingerprint density at radius 3 is 2.14 bits per heavy atom. The molecule has 15 heteroatoms. The highest BCUT2D eigenvalue weighted by Crippen LogP contribution is 2.50. The number of hydrogen-bond donors (Lipinski definition) is 2. The minimum Gasteiger partial charge on any atom is -0.454 e. The maximum absolute atomic E-state index is 13.4. The molecule has 51 heavy (non-hydrogen) atoms. The van der Waals surface area contributed by atoms with Crippen molar-refractivity contribution in [3.63, 3.8) is 0 Å². The molecule has 3 heterocycles. The number of anilines is 2. The predicted octanol–water partition coefficient (Wildman–Crippen LogP) is 5.46. The Hall–Kier alpha value is -4.46. The smallest absolute Gasteiger partial charge is 0.422 e. The van der Waals surface area contributed by atoms with Crippen molar-refractivity contribution in [1.29, 1.82) is 0 Å². The van der Waals surface area contributed by atoms with Crippen LogP contribution in [0, 0.1) is 11.8 Å². The number of fused-ring (bicyclic) bond motifs is 1. The molecule has 11 nitrogen and oxygen atoms in total. The van der Waals surface area contributed by atoms with E-state index in [4.69, 9.17) is 16.3 Å². The molecule has 7 rings (SSSR count). The summed E-state index contributed by atoms with van der Waals surface area (Å²) < 4.78 is 43.8. The summed E-state index contributed by atoms with van der Waals surface area (Å²) in [4.78, 5) is 55.0. The minimum absolute atomic E-state index is 0.0158. The van der Waals surface area contributed by atoms with Crippen LogP contribution in [0.2, 0.25) is 5.02 Å². The van der Waals surface area contributed by atoms with E-state index in [0.29, 0.717) is 48.9 Å². The van der Waals surface area contributed by atoms with Crippen molar-refractivity contribution in [1.82, 2.24) is 30.1 Å². The molecule has 2 unspecified atom stereocenters. The summed E-state index contributed by atoms with van der Waals surface area (Å²) in [5, 5.41) is 6.53. The van der Waals surface area contributed by atoms with Gasteiger partial charge in [-0.2, -0.15) is 28.1 Å². The second kappa shape index (κ2) is 14.3. The molecule has 2 saturated carbocycles. The van der Waals surface area contributed by atoms with E-state index in [9.17, 15) is 27.6 Å². The van der Waals surface area contributed by atoms with Crippen LogP contribution in [0.15, 0.2) is 48.5 Å². The Balaban J connectivity index is 0.968. The zero-order valence-corrected chi connectivity index (χ0v) is 28.7. The zero-order valence-electron chi connectivity index (χ0n) is 27.9. The van der Waals surface area contributed by atoms with Gasteiger partial charge in [0.25, 0.3) is 5.91 Å². The van der Waals surface area contributed by atoms with E-state index in [1.54, 1.807) is 46.2 Å². The molecule has 2 aliphatic heterocycles. The Kier molecular flexibility index (Phi) is 9.79. The van der Waals surface area contributed by atoms with Gasteiger partial charge in [-0.15, -0.1) is 0 Å². The maximum Gasteiger partial charge on any atom is 0.422 e. The highest BCUT2D eigenvalue weighted by atomic mass is 35.5. The number of halogens is 4. The average Bonchev–Trinajstić information content (AvgIpc) is 3.60. The number of ether oxygens (including phenoxy) is 1. The molecular formula is C36H39ClF3N7O4. The highest BCUT2D eigenvalue weighted by molar-refractivity contribution is 6.35. The van der Waals surface area contributed by atoms with Gasteiger partial charge in [-0.25, -0.2) is 0 Å². The number of nitrogens with one attached hydrogen (secondary N) is 2. The van der Waals surface area contributed by atoms with Crippen molar-refractivity contribution >= 4 is 41.0 Å². The van der Waals surface area contributed by atoms with Crippen molar-refractivity contribution in [2.75, 3.05) is 38.1 Å². The summed E-state index contributed by atoms with van der Waals surface area (Å²) in [5.74, 6) is -0.674. The number of benzene rings is 2. The molecule has 2 aromatic carbocycles. The lowest BCUT2D eigenvalue weighted by molar-refractivity contribution is -0.154. The fourth-order valence-electron chi connectivity index (χ4n) is 7.54. The molecule has 2 atom stereocenters. The van der Waals surface area contributed by atoms with Crippen LogP contribution in [-0.2, 0) is 21.4 Å². The summed E-state index contributed by atoms with van der Waals surface area (Å²) in [6, 6.07) is 13.8. The standard InChI is InChI=1S/C36H39ClF3N7O4/c37-26-10-8-25(9-11-26)35(14-15-35)16-29-43-33(45-34(44-29)51-21-36(38,39)40)42-28-12-6-22(7-13-28)31(49)46-17-23-19-47(20-24(23)18-46)32(50)30(48)41-27-4-2-1-3-5-27/h6-13,23-24,27H,1-5,14-21H2,(H,41,48)(H,42,43,44,45). The topological polar surface area (TPSA) is 130 Å². The van der Waals surface area contributed by atoms with Gasteiger partial charge >= 0.3 is 24.0 Å². The van der Waals surface area contributed by atoms with Crippen molar-refractivity contribution in [2.24, 2.45) is 11.8 Å². The van der Waals surface area contributed by atoms with E-state index < -0.39 is 30.6 Å². The second-order valence-corrected chi connectivity index (χ2v) is 14.6. The molecule has 0 spiro atoms. The van der Waals surface area contributed by atoms with Gasteiger partial charge in [-0.1, -0.05) is 43.0 Å². The molecule has 3 amide bonds. The van der Waals surface area contributed by atoms with Gasteiger partial charge in [0.05, 0.1) is 0 Å². The Bertz CT molecular complexity index is 1750. The zero-order chi connectivity index (χ0) is 35.8. The van der Waals surface area contributed by atoms with Gasteiger partial charge in [0, 0.05) is 72.2 Å². The van der Waals surface area contributed by atoms with Crippen LogP contribution >= 0.6 is 11.6 Å². The number of amides is 3. The molecule has 4 fully saturated rings. The summed E-state index contributed by atoms with van der Waals surface area (Å²) >= 11 is 6.07. The second-order valence-electron chi connectivity index (χ2n) is 14.2. The number of nitrogens with zero attached hydrogens (tertiary/aromatic N) is 5. The van der Waals surface area contributed by atoms with Gasteiger partial charge in [0.15, 0.2) is 6.61 Å². The molecule has 1 aromatic heterocycles. The van der Waals surface area contributed by atoms with Crippen molar-refractivity contribution in [2.45, 2.75) is 69.0 Å². The van der Waals surface area contributed by atoms with Crippen LogP contribution in [0.3, 0.4) is 0 Å². The summed E-state index contributed by atoms with van der Waals surface area (Å²) in [7, 11) is 0. The average molecular weight is 726 g/mol. The number of alkyl halides is 3. The lowest BCUT2D eigenvalue weighted by Gasteiger charge is -2.25. The van der Waals surface area contributed by atoms with Crippen LogP contribution < -0.4 is 15.4 Å². The van der Waals surface area contributed by atoms with Gasteiger partial charge in [0.2, 0.25) is 5.95 Å². The number of rotatable bonds is 9. The first-order valence-corrected chi connectivity index (χ1v) is 17.8. The maximum atomic E-state index is 13.4. The summed E-state index contributed by atoms with van der Waals surface area (Å²) in [6.45, 7) is 0.319. The van der Waals surface area contributed by atoms with Crippen LogP contribution in [0.4, 0.5) is 24.8 Å². The monoisotopic (exact) mass is 725 g/mol. The van der Waals surface area contributed by atoms with E-state index in [1.165, 1.54) is 0 Å². The van der Waals surface area contributed by atoms with E-state index >= 15 is 0 Å². The van der Waals surface area contributed by atoms with Crippen molar-refractivity contribution in [3.05, 3.63) is 70.5 Å². The fraction of sp³-hybridized carbons (Fsp3) is 0.500. The third kappa shape index (κ3) is 8.37. The molecule has 0 radical (unpaired) electrons. The molecule has 2 aliphatic carbocycles. The van der Waals surface area contributed by atoms with E-state index in [1.807, 2.05) is 12.1 Å². The minimum atomic E-state index is -4.57. The van der Waals surface area contributed by atoms with Gasteiger partial charge in [-0.05, 0) is 67.6 Å². The highest BCUT2D eigenvalue weighted by Gasteiger charge is 2.46. The number of hydrogen-bond acceptors (Lipinski definition) is 8. The first-order chi connectivity index (χ1) is 24.4. The number of aromatic nitrogens is 3. The Labute approximate surface area is 298 Å². The molecular weight excluding hydrogens is 687 g/mol. The Morgan fingerprint density at radius 1 is 0.863 bits per heavy atom. The van der Waals surface area contributed by atoms with E-state index in [0.717, 1.165) is 50.5 Å². The Morgan fingerprint density at radius 2 is 1.51 bits per heavy atom. The molecule has 2 N–H and O–H groups in total. The number of carbonyl (C=O) groups is 3. The fourth-order valence-corrected chi connectivity index (χ4v) is 7.66. The lowest BCUT2D eigenvalue weighted by Crippen LogP contribution is -2.47. The summed E-state index contributed by atoms with van der Waals surface area (Å²) in [5.41, 5.74) is 1.77. The third-order valence-corrected chi connectivity index (χ3v) is 10.7. The van der Waals surface area contributed by atoms with Gasteiger partial charge in [0.1, 0.15) is 5.82 Å². The molecule has 270 valence electrons. The van der Waals surface area contributed by atoms with Crippen LogP contribution in [0.25, 0.3) is 0 Å². The summed E-state index contributed by atoms with van der Waals surface area (Å²) in [6.07, 6.45) is 2.64. The predicted molar refractivity (Wildman–Crippen MR) is 182 cm³/mol. The van der Waals surface area contributed by atoms with Crippen molar-refractivity contribution < 1.29 is 32.3 Å². The number of carbonyl (C=O) groups excluding carboxylic acids is 3. The lowest BCUT2D eigenvalue weighted by atomic mass is 9.92. The van der Waals surface area contributed by atoms with Crippen LogP contribution in [0.1, 0.15) is 66.7 Å². The molecule has 4 aliphatic rings. The first kappa shape index (κ1) is 35.0. The van der Waals surface area contributed by atoms with Crippen LogP contribution in [-0.4, -0.2) is 87.5 Å². The van der Waals surface area contributed by atoms with Crippen molar-refractivity contribution in [3.8, 4) is 6.01 Å². The number of likely N-dealkylation sites (tertiary alicyclic amines) is 2. The molecule has 3 aromatic rings. The largest absolute Gasteiger partial charge is 0.454 e. The van der Waals surface area contributed by atoms with Gasteiger partial charge in [-0.3, -0.25) is 14.4 Å². The van der Waals surface area contributed by atoms with E-state index in [2.05, 4.69) is 25.6 Å². The molecule has 2 saturated heterocycles.